The molecule has 0 aliphatic carbocycles. The molecule has 0 saturated carbocycles. The van der Waals surface area contributed by atoms with E-state index in [9.17, 15) is 0 Å². The molecular weight excluding hydrogens is 174 g/mol. The van der Waals surface area contributed by atoms with Crippen LogP contribution in [0.5, 0.6) is 0 Å². The van der Waals surface area contributed by atoms with Gasteiger partial charge in [0.2, 0.25) is 0 Å². The summed E-state index contributed by atoms with van der Waals surface area (Å²) < 4.78 is 1.75. The molecule has 0 aromatic carbocycles. The van der Waals surface area contributed by atoms with E-state index in [1.54, 1.807) is 4.68 Å². The molecule has 3 nitrogen and oxygen atoms in total. The monoisotopic (exact) mass is 191 g/mol. The van der Waals surface area contributed by atoms with Crippen LogP contribution in [0.25, 0.3) is 6.08 Å². The van der Waals surface area contributed by atoms with Crippen molar-refractivity contribution in [3.63, 3.8) is 0 Å². The number of allylic oxidation sites excluding steroid dienone is 1. The predicted octanol–water partition coefficient (Wildman–Crippen LogP) is 2.81. The fourth-order valence-electron chi connectivity index (χ4n) is 1.13. The van der Waals surface area contributed by atoms with Gasteiger partial charge in [-0.05, 0) is 19.6 Å². The fraction of sp³-hybridized carbons (Fsp3) is 0.455. The Balaban J connectivity index is 3.06. The number of nitrogens with zero attached hydrogens (tertiary/aromatic N) is 3. The Hall–Kier alpha value is -1.38. The van der Waals surface area contributed by atoms with Crippen LogP contribution in [0.1, 0.15) is 26.3 Å². The zero-order chi connectivity index (χ0) is 10.7. The van der Waals surface area contributed by atoms with Gasteiger partial charge in [0.1, 0.15) is 0 Å². The van der Waals surface area contributed by atoms with Crippen molar-refractivity contribution in [3.05, 3.63) is 17.3 Å². The number of aliphatic imine (C=N–C) groups is 1. The van der Waals surface area contributed by atoms with Crippen LogP contribution < -0.4 is 0 Å². The maximum Gasteiger partial charge on any atom is 0.180 e. The fourth-order valence-corrected chi connectivity index (χ4v) is 1.13. The predicted molar refractivity (Wildman–Crippen MR) is 60.9 cm³/mol. The van der Waals surface area contributed by atoms with Crippen molar-refractivity contribution in [2.24, 2.45) is 18.0 Å². The van der Waals surface area contributed by atoms with Crippen molar-refractivity contribution >= 4 is 18.6 Å². The van der Waals surface area contributed by atoms with Crippen LogP contribution >= 0.6 is 0 Å². The van der Waals surface area contributed by atoms with Crippen LogP contribution in [-0.4, -0.2) is 16.5 Å². The molecule has 0 spiro atoms. The Labute approximate surface area is 85.2 Å². The van der Waals surface area contributed by atoms with Crippen molar-refractivity contribution in [2.75, 3.05) is 0 Å². The van der Waals surface area contributed by atoms with Gasteiger partial charge in [0, 0.05) is 18.8 Å². The minimum absolute atomic E-state index is 0.549. The van der Waals surface area contributed by atoms with Crippen molar-refractivity contribution in [1.82, 2.24) is 9.78 Å². The molecule has 0 fully saturated rings. The first-order valence-corrected chi connectivity index (χ1v) is 4.73. The average Bonchev–Trinajstić information content (AvgIpc) is 2.45. The molecule has 0 aliphatic rings. The first-order valence-electron chi connectivity index (χ1n) is 4.73. The van der Waals surface area contributed by atoms with Gasteiger partial charge in [0.15, 0.2) is 5.82 Å². The van der Waals surface area contributed by atoms with Crippen LogP contribution in [0.15, 0.2) is 16.8 Å². The first kappa shape index (κ1) is 10.7. The van der Waals surface area contributed by atoms with Gasteiger partial charge in [-0.15, -0.1) is 0 Å². The zero-order valence-electron chi connectivity index (χ0n) is 9.28. The Morgan fingerprint density at radius 1 is 1.64 bits per heavy atom. The highest BCUT2D eigenvalue weighted by Gasteiger charge is 2.04. The molecule has 0 unspecified atom stereocenters. The van der Waals surface area contributed by atoms with Gasteiger partial charge in [-0.2, -0.15) is 5.10 Å². The van der Waals surface area contributed by atoms with Gasteiger partial charge >= 0.3 is 0 Å². The molecule has 1 aromatic heterocycles. The quantitative estimate of drug-likeness (QED) is 0.676. The molecule has 0 bridgehead atoms. The van der Waals surface area contributed by atoms with Crippen LogP contribution in [0.2, 0.25) is 0 Å². The highest BCUT2D eigenvalue weighted by atomic mass is 15.3. The van der Waals surface area contributed by atoms with Crippen molar-refractivity contribution in [2.45, 2.75) is 20.8 Å². The number of rotatable bonds is 3. The van der Waals surface area contributed by atoms with E-state index in [2.05, 4.69) is 43.7 Å². The molecule has 76 valence electrons. The molecule has 0 N–H and O–H groups in total. The van der Waals surface area contributed by atoms with Crippen LogP contribution in [0, 0.1) is 5.92 Å². The summed E-state index contributed by atoms with van der Waals surface area (Å²) in [6.45, 7) is 9.96. The summed E-state index contributed by atoms with van der Waals surface area (Å²) in [5, 5.41) is 4.18. The molecule has 0 amide bonds. The van der Waals surface area contributed by atoms with Gasteiger partial charge in [0.05, 0.1) is 0 Å². The average molecular weight is 191 g/mol. The summed E-state index contributed by atoms with van der Waals surface area (Å²) in [7, 11) is 1.89. The van der Waals surface area contributed by atoms with Crippen LogP contribution in [0.4, 0.5) is 5.82 Å². The minimum Gasteiger partial charge on any atom is -0.273 e. The van der Waals surface area contributed by atoms with E-state index in [0.717, 1.165) is 5.56 Å². The first-order chi connectivity index (χ1) is 6.54. The maximum atomic E-state index is 4.18. The van der Waals surface area contributed by atoms with E-state index in [1.807, 2.05) is 13.2 Å². The van der Waals surface area contributed by atoms with E-state index >= 15 is 0 Å². The van der Waals surface area contributed by atoms with E-state index in [0.29, 0.717) is 11.7 Å². The van der Waals surface area contributed by atoms with Crippen molar-refractivity contribution in [1.29, 1.82) is 0 Å². The second kappa shape index (κ2) is 4.22. The van der Waals surface area contributed by atoms with Gasteiger partial charge in [-0.25, -0.2) is 4.99 Å². The van der Waals surface area contributed by atoms with E-state index in [-0.39, 0.29) is 0 Å². The third-order valence-electron chi connectivity index (χ3n) is 2.28. The molecule has 0 saturated heterocycles. The van der Waals surface area contributed by atoms with E-state index in [4.69, 9.17) is 0 Å². The summed E-state index contributed by atoms with van der Waals surface area (Å²) in [5.41, 5.74) is 2.36. The van der Waals surface area contributed by atoms with Gasteiger partial charge in [-0.1, -0.05) is 25.5 Å². The largest absolute Gasteiger partial charge is 0.273 e. The summed E-state index contributed by atoms with van der Waals surface area (Å²) >= 11 is 0. The molecule has 1 aromatic rings. The second-order valence-electron chi connectivity index (χ2n) is 3.78. The van der Waals surface area contributed by atoms with Crippen LogP contribution in [-0.2, 0) is 7.05 Å². The standard InChI is InChI=1S/C11H17N3/c1-8(2)9(3)6-10-7-14(5)13-11(10)12-4/h6-8H,4H2,1-3,5H3/b9-6+. The Morgan fingerprint density at radius 2 is 2.29 bits per heavy atom. The normalized spacial score (nSPS) is 12.2. The SMILES string of the molecule is C=Nc1nn(C)cc1/C=C(\C)C(C)C. The number of hydrogen-bond donors (Lipinski definition) is 0. The third kappa shape index (κ3) is 2.31. The smallest absolute Gasteiger partial charge is 0.180 e. The molecule has 14 heavy (non-hydrogen) atoms. The molecule has 1 heterocycles. The summed E-state index contributed by atoms with van der Waals surface area (Å²) in [4.78, 5) is 3.88. The number of aryl methyl sites for hydroxylation is 1. The zero-order valence-corrected chi connectivity index (χ0v) is 9.28. The minimum atomic E-state index is 0.549. The van der Waals surface area contributed by atoms with Crippen molar-refractivity contribution < 1.29 is 0 Å². The third-order valence-corrected chi connectivity index (χ3v) is 2.28. The van der Waals surface area contributed by atoms with E-state index < -0.39 is 0 Å². The summed E-state index contributed by atoms with van der Waals surface area (Å²) in [6.07, 6.45) is 4.07. The molecular formula is C11H17N3. The summed E-state index contributed by atoms with van der Waals surface area (Å²) in [6, 6.07) is 0. The number of aromatic nitrogens is 2. The Kier molecular flexibility index (Phi) is 3.23. The molecule has 1 rings (SSSR count). The van der Waals surface area contributed by atoms with E-state index in [1.165, 1.54) is 5.57 Å². The Bertz CT molecular complexity index is 359. The second-order valence-corrected chi connectivity index (χ2v) is 3.78. The highest BCUT2D eigenvalue weighted by Crippen LogP contribution is 2.21. The van der Waals surface area contributed by atoms with Crippen molar-refractivity contribution in [3.8, 4) is 0 Å². The van der Waals surface area contributed by atoms with Gasteiger partial charge in [-0.3, -0.25) is 4.68 Å². The maximum absolute atomic E-state index is 4.18. The number of hydrogen-bond acceptors (Lipinski definition) is 2. The lowest BCUT2D eigenvalue weighted by Crippen LogP contribution is -1.87. The van der Waals surface area contributed by atoms with Gasteiger partial charge in [0.25, 0.3) is 0 Å². The highest BCUT2D eigenvalue weighted by molar-refractivity contribution is 5.63. The molecule has 0 atom stereocenters. The van der Waals surface area contributed by atoms with Crippen LogP contribution in [0.3, 0.4) is 0 Å². The summed E-state index contributed by atoms with van der Waals surface area (Å²) in [5.74, 6) is 1.25. The topological polar surface area (TPSA) is 30.2 Å². The van der Waals surface area contributed by atoms with Gasteiger partial charge < -0.3 is 0 Å². The lowest BCUT2D eigenvalue weighted by molar-refractivity contribution is 0.768. The Morgan fingerprint density at radius 3 is 2.79 bits per heavy atom. The molecule has 0 radical (unpaired) electrons. The lowest BCUT2D eigenvalue weighted by Gasteiger charge is -2.03. The lowest BCUT2D eigenvalue weighted by atomic mass is 10.0. The molecule has 3 heteroatoms. The molecule has 0 aliphatic heterocycles.